The summed E-state index contributed by atoms with van der Waals surface area (Å²) >= 11 is 8.49. The molecule has 1 aliphatic rings. The highest BCUT2D eigenvalue weighted by Crippen LogP contribution is 2.36. The molecule has 0 amide bonds. The molecule has 0 saturated heterocycles. The van der Waals surface area contributed by atoms with Gasteiger partial charge in [0.1, 0.15) is 0 Å². The van der Waals surface area contributed by atoms with Crippen molar-refractivity contribution in [3.05, 3.63) is 20.5 Å². The fraction of sp³-hybridized carbons (Fsp3) is 0.400. The molecule has 5 heteroatoms. The molecule has 1 N–H and O–H groups in total. The Morgan fingerprint density at radius 3 is 2.87 bits per heavy atom. The molecule has 0 fully saturated rings. The average Bonchev–Trinajstić information content (AvgIpc) is 2.82. The predicted molar refractivity (Wildman–Crippen MR) is 67.3 cm³/mol. The molecular weight excluding hydrogens is 244 g/mol. The van der Waals surface area contributed by atoms with Crippen LogP contribution in [0.25, 0.3) is 9.88 Å². The van der Waals surface area contributed by atoms with E-state index in [1.165, 1.54) is 36.1 Å². The Labute approximate surface area is 101 Å². The van der Waals surface area contributed by atoms with Gasteiger partial charge in [-0.05, 0) is 49.5 Å². The van der Waals surface area contributed by atoms with Crippen LogP contribution in [0.15, 0.2) is 6.07 Å². The van der Waals surface area contributed by atoms with Gasteiger partial charge in [-0.1, -0.05) is 11.3 Å². The number of H-pyrrole nitrogens is 1. The molecule has 0 bridgehead atoms. The van der Waals surface area contributed by atoms with E-state index in [9.17, 15) is 0 Å². The minimum absolute atomic E-state index is 0.761. The van der Waals surface area contributed by atoms with Crippen LogP contribution < -0.4 is 0 Å². The maximum Gasteiger partial charge on any atom is 0.176 e. The second kappa shape index (κ2) is 3.81. The molecule has 1 aliphatic carbocycles. The molecule has 0 unspecified atom stereocenters. The Morgan fingerprint density at radius 1 is 1.27 bits per heavy atom. The van der Waals surface area contributed by atoms with Gasteiger partial charge in [0.25, 0.3) is 0 Å². The van der Waals surface area contributed by atoms with Crippen molar-refractivity contribution in [2.45, 2.75) is 25.7 Å². The van der Waals surface area contributed by atoms with Crippen molar-refractivity contribution < 1.29 is 0 Å². The number of rotatable bonds is 1. The normalized spacial score (nSPS) is 15.2. The Kier molecular flexibility index (Phi) is 2.46. The number of aromatic nitrogens is 2. The van der Waals surface area contributed by atoms with E-state index < -0.39 is 0 Å². The largest absolute Gasteiger partial charge is 0.258 e. The molecule has 78 valence electrons. The van der Waals surface area contributed by atoms with Gasteiger partial charge in [0, 0.05) is 4.88 Å². The first-order chi connectivity index (χ1) is 7.33. The van der Waals surface area contributed by atoms with Gasteiger partial charge >= 0.3 is 0 Å². The molecule has 0 radical (unpaired) electrons. The van der Waals surface area contributed by atoms with Crippen molar-refractivity contribution in [3.63, 3.8) is 0 Å². The maximum atomic E-state index is 5.05. The zero-order valence-corrected chi connectivity index (χ0v) is 10.5. The van der Waals surface area contributed by atoms with Gasteiger partial charge in [0.15, 0.2) is 8.96 Å². The molecule has 3 rings (SSSR count). The van der Waals surface area contributed by atoms with Gasteiger partial charge in [-0.25, -0.2) is 0 Å². The van der Waals surface area contributed by atoms with Crippen LogP contribution in [0.5, 0.6) is 0 Å². The van der Waals surface area contributed by atoms with E-state index in [0.29, 0.717) is 0 Å². The zero-order valence-electron chi connectivity index (χ0n) is 8.08. The van der Waals surface area contributed by atoms with Crippen LogP contribution in [0, 0.1) is 3.95 Å². The zero-order chi connectivity index (χ0) is 10.3. The lowest BCUT2D eigenvalue weighted by Gasteiger charge is -2.08. The summed E-state index contributed by atoms with van der Waals surface area (Å²) in [6, 6.07) is 2.29. The average molecular weight is 254 g/mol. The van der Waals surface area contributed by atoms with Gasteiger partial charge in [0.05, 0.1) is 4.88 Å². The molecule has 0 aliphatic heterocycles. The Hall–Kier alpha value is -0.520. The van der Waals surface area contributed by atoms with E-state index in [0.717, 1.165) is 8.96 Å². The van der Waals surface area contributed by atoms with E-state index in [2.05, 4.69) is 16.3 Å². The summed E-state index contributed by atoms with van der Waals surface area (Å²) < 4.78 is 0.761. The van der Waals surface area contributed by atoms with Crippen molar-refractivity contribution in [2.75, 3.05) is 0 Å². The summed E-state index contributed by atoms with van der Waals surface area (Å²) in [5, 5.41) is 8.11. The van der Waals surface area contributed by atoms with E-state index >= 15 is 0 Å². The van der Waals surface area contributed by atoms with E-state index in [1.807, 2.05) is 11.3 Å². The van der Waals surface area contributed by atoms with E-state index in [1.54, 1.807) is 16.2 Å². The summed E-state index contributed by atoms with van der Waals surface area (Å²) in [6.07, 6.45) is 5.15. The van der Waals surface area contributed by atoms with Gasteiger partial charge in [-0.3, -0.25) is 5.10 Å². The molecule has 15 heavy (non-hydrogen) atoms. The van der Waals surface area contributed by atoms with Crippen LogP contribution in [0.2, 0.25) is 0 Å². The van der Waals surface area contributed by atoms with Gasteiger partial charge < -0.3 is 0 Å². The Balaban J connectivity index is 2.06. The van der Waals surface area contributed by atoms with Crippen LogP contribution in [0.4, 0.5) is 0 Å². The standard InChI is InChI=1S/C10H10N2S3/c13-10-12-11-9(15-10)8-5-6-3-1-2-4-7(6)14-8/h5H,1-4H2,(H,12,13). The second-order valence-electron chi connectivity index (χ2n) is 3.68. The van der Waals surface area contributed by atoms with E-state index in [-0.39, 0.29) is 0 Å². The monoisotopic (exact) mass is 254 g/mol. The van der Waals surface area contributed by atoms with Crippen molar-refractivity contribution in [3.8, 4) is 9.88 Å². The Morgan fingerprint density at radius 2 is 2.13 bits per heavy atom. The first-order valence-corrected chi connectivity index (χ1v) is 7.04. The summed E-state index contributed by atoms with van der Waals surface area (Å²) in [5.74, 6) is 0. The van der Waals surface area contributed by atoms with Crippen LogP contribution in [-0.2, 0) is 12.8 Å². The highest BCUT2D eigenvalue weighted by atomic mass is 32.1. The first-order valence-electron chi connectivity index (χ1n) is 5.00. The van der Waals surface area contributed by atoms with Gasteiger partial charge in [-0.2, -0.15) is 5.10 Å². The second-order valence-corrected chi connectivity index (χ2v) is 6.49. The summed E-state index contributed by atoms with van der Waals surface area (Å²) in [7, 11) is 0. The Bertz CT molecular complexity index is 511. The quantitative estimate of drug-likeness (QED) is 0.784. The van der Waals surface area contributed by atoms with Crippen LogP contribution in [-0.4, -0.2) is 10.2 Å². The number of nitrogens with zero attached hydrogens (tertiary/aromatic N) is 1. The molecule has 2 nitrogen and oxygen atoms in total. The topological polar surface area (TPSA) is 28.7 Å². The lowest BCUT2D eigenvalue weighted by atomic mass is 9.99. The molecule has 0 atom stereocenters. The molecule has 2 aromatic rings. The molecule has 0 spiro atoms. The summed E-state index contributed by atoms with van der Waals surface area (Å²) in [4.78, 5) is 2.83. The minimum Gasteiger partial charge on any atom is -0.258 e. The van der Waals surface area contributed by atoms with Gasteiger partial charge in [-0.15, -0.1) is 11.3 Å². The third-order valence-electron chi connectivity index (χ3n) is 2.65. The SMILES string of the molecule is S=c1[nH]nc(-c2cc3c(s2)CCCC3)s1. The third-order valence-corrected chi connectivity index (χ3v) is 5.14. The molecule has 0 aromatic carbocycles. The highest BCUT2D eigenvalue weighted by Gasteiger charge is 2.15. The van der Waals surface area contributed by atoms with Crippen LogP contribution in [0.1, 0.15) is 23.3 Å². The molecule has 2 aromatic heterocycles. The van der Waals surface area contributed by atoms with Crippen molar-refractivity contribution >= 4 is 34.9 Å². The lowest BCUT2D eigenvalue weighted by Crippen LogP contribution is -1.96. The number of nitrogens with one attached hydrogen (secondary N) is 1. The van der Waals surface area contributed by atoms with Crippen molar-refractivity contribution in [1.82, 2.24) is 10.2 Å². The summed E-state index contributed by atoms with van der Waals surface area (Å²) in [6.45, 7) is 0. The van der Waals surface area contributed by atoms with Crippen LogP contribution in [0.3, 0.4) is 0 Å². The van der Waals surface area contributed by atoms with E-state index in [4.69, 9.17) is 12.2 Å². The maximum absolute atomic E-state index is 5.05. The highest BCUT2D eigenvalue weighted by molar-refractivity contribution is 7.73. The number of thiophene rings is 1. The van der Waals surface area contributed by atoms with Crippen molar-refractivity contribution in [2.24, 2.45) is 0 Å². The molecule has 2 heterocycles. The van der Waals surface area contributed by atoms with Gasteiger partial charge in [0.2, 0.25) is 0 Å². The lowest BCUT2D eigenvalue weighted by molar-refractivity contribution is 0.697. The third kappa shape index (κ3) is 1.79. The minimum atomic E-state index is 0.761. The van der Waals surface area contributed by atoms with Crippen LogP contribution >= 0.6 is 34.9 Å². The number of aryl methyl sites for hydroxylation is 2. The number of hydrogen-bond donors (Lipinski definition) is 1. The summed E-state index contributed by atoms with van der Waals surface area (Å²) in [5.41, 5.74) is 1.53. The molecule has 0 saturated carbocycles. The fourth-order valence-electron chi connectivity index (χ4n) is 1.93. The first kappa shape index (κ1) is 9.69. The number of aromatic amines is 1. The predicted octanol–water partition coefficient (Wildman–Crippen LogP) is 3.81. The smallest absolute Gasteiger partial charge is 0.176 e. The fourth-order valence-corrected chi connectivity index (χ4v) is 4.12. The molecular formula is C10H10N2S3. The van der Waals surface area contributed by atoms with Crippen molar-refractivity contribution in [1.29, 1.82) is 0 Å². The number of fused-ring (bicyclic) bond motifs is 1. The number of hydrogen-bond acceptors (Lipinski definition) is 4.